The molecule has 0 spiro atoms. The van der Waals surface area contributed by atoms with E-state index in [2.05, 4.69) is 56.7 Å². The predicted octanol–water partition coefficient (Wildman–Crippen LogP) is 7.03. The molecule has 8 rings (SSSR count). The van der Waals surface area contributed by atoms with Gasteiger partial charge in [0.05, 0.1) is 40.4 Å². The number of amides is 3. The smallest absolute Gasteiger partial charge is 0.306 e. The molecule has 5 aromatic rings. The predicted molar refractivity (Wildman–Crippen MR) is 256 cm³/mol. The summed E-state index contributed by atoms with van der Waals surface area (Å²) in [5.74, 6) is -0.583. The number of hydrogen-bond acceptors (Lipinski definition) is 12. The van der Waals surface area contributed by atoms with Crippen molar-refractivity contribution in [2.24, 2.45) is 16.3 Å². The second kappa shape index (κ2) is 18.8. The molecule has 15 nitrogen and oxygen atoms in total. The third-order valence-electron chi connectivity index (χ3n) is 13.3. The number of rotatable bonds is 12. The minimum atomic E-state index is -0.961. The Morgan fingerprint density at radius 3 is 2.23 bits per heavy atom. The first kappa shape index (κ1) is 46.7. The first-order valence-electron chi connectivity index (χ1n) is 22.6. The van der Waals surface area contributed by atoms with Crippen LogP contribution in [-0.2, 0) is 19.2 Å². The fourth-order valence-electron chi connectivity index (χ4n) is 9.41. The average Bonchev–Trinajstić information content (AvgIpc) is 4.04. The van der Waals surface area contributed by atoms with Gasteiger partial charge in [0.25, 0.3) is 0 Å². The summed E-state index contributed by atoms with van der Waals surface area (Å²) in [5, 5.41) is 36.3. The van der Waals surface area contributed by atoms with Crippen molar-refractivity contribution in [3.05, 3.63) is 98.5 Å². The van der Waals surface area contributed by atoms with Crippen LogP contribution in [0.15, 0.2) is 59.0 Å². The summed E-state index contributed by atoms with van der Waals surface area (Å²) < 4.78 is 1.95. The molecule has 0 unspecified atom stereocenters. The van der Waals surface area contributed by atoms with Crippen molar-refractivity contribution in [3.8, 4) is 15.4 Å². The number of piperidine rings is 1. The van der Waals surface area contributed by atoms with Crippen LogP contribution in [0, 0.1) is 39.0 Å². The van der Waals surface area contributed by atoms with E-state index in [1.165, 1.54) is 4.90 Å². The Hall–Kier alpha value is -5.78. The number of carboxylic acid groups (broad SMARTS) is 1. The van der Waals surface area contributed by atoms with Crippen molar-refractivity contribution in [1.82, 2.24) is 35.3 Å². The third kappa shape index (κ3) is 9.56. The number of likely N-dealkylation sites (tertiary alicyclic amines) is 1. The number of thiophene rings is 1. The number of nitrogens with zero attached hydrogens (tertiary/aromatic N) is 7. The van der Waals surface area contributed by atoms with Crippen molar-refractivity contribution >= 4 is 57.8 Å². The molecular weight excluding hydrogens is 875 g/mol. The Labute approximate surface area is 393 Å². The number of aromatic nitrogens is 4. The molecule has 2 saturated heterocycles. The molecule has 2 fully saturated rings. The number of benzene rings is 2. The number of aliphatic hydroxyl groups excluding tert-OH is 1. The molecule has 3 aliphatic rings. The lowest BCUT2D eigenvalue weighted by Gasteiger charge is -2.36. The van der Waals surface area contributed by atoms with Gasteiger partial charge in [-0.25, -0.2) is 4.98 Å². The van der Waals surface area contributed by atoms with Crippen LogP contribution in [-0.4, -0.2) is 102 Å². The Morgan fingerprint density at radius 1 is 0.909 bits per heavy atom. The maximum absolute atomic E-state index is 14.3. The van der Waals surface area contributed by atoms with Crippen molar-refractivity contribution in [2.45, 2.75) is 118 Å². The molecule has 0 aliphatic carbocycles. The van der Waals surface area contributed by atoms with Gasteiger partial charge in [-0.1, -0.05) is 57.2 Å². The fraction of sp³-hybridized carbons (Fsp3) is 0.469. The van der Waals surface area contributed by atoms with Crippen LogP contribution >= 0.6 is 22.7 Å². The lowest BCUT2D eigenvalue weighted by molar-refractivity contribution is -0.144. The number of nitrogens with one attached hydrogen (secondary N) is 2. The summed E-state index contributed by atoms with van der Waals surface area (Å²) in [6.45, 7) is 17.1. The lowest BCUT2D eigenvalue weighted by atomic mass is 9.85. The number of fused-ring (bicyclic) bond motifs is 3. The zero-order valence-electron chi connectivity index (χ0n) is 38.8. The van der Waals surface area contributed by atoms with Crippen LogP contribution in [0.1, 0.15) is 116 Å². The number of thiazole rings is 1. The molecule has 348 valence electrons. The quantitative estimate of drug-likeness (QED) is 0.101. The van der Waals surface area contributed by atoms with E-state index in [4.69, 9.17) is 4.99 Å². The number of β-amino-alcohol motifs (C(OH)–C–C–N with tert-alkyl or cyclic N) is 1. The molecular formula is C49H59N9O6S2. The number of aliphatic imine (C=N–C) groups is 1. The highest BCUT2D eigenvalue weighted by Gasteiger charge is 2.45. The van der Waals surface area contributed by atoms with E-state index in [0.717, 1.165) is 85.6 Å². The Morgan fingerprint density at radius 2 is 1.59 bits per heavy atom. The molecule has 3 aliphatic heterocycles. The average molecular weight is 934 g/mol. The first-order valence-corrected chi connectivity index (χ1v) is 24.3. The highest BCUT2D eigenvalue weighted by atomic mass is 32.1. The van der Waals surface area contributed by atoms with E-state index < -0.39 is 35.6 Å². The van der Waals surface area contributed by atoms with Gasteiger partial charge >= 0.3 is 5.97 Å². The largest absolute Gasteiger partial charge is 0.481 e. The number of aryl methyl sites for hydroxylation is 3. The minimum absolute atomic E-state index is 0.00708. The van der Waals surface area contributed by atoms with Crippen LogP contribution in [0.25, 0.3) is 15.4 Å². The van der Waals surface area contributed by atoms with Gasteiger partial charge in [-0.15, -0.1) is 32.9 Å². The molecule has 0 radical (unpaired) electrons. The maximum Gasteiger partial charge on any atom is 0.306 e. The van der Waals surface area contributed by atoms with E-state index in [9.17, 15) is 29.4 Å². The van der Waals surface area contributed by atoms with Crippen molar-refractivity contribution in [2.75, 3.05) is 24.5 Å². The SMILES string of the molecule is Cc1ncsc1-c1ccc([C@H](C)NC(=O)[C@@H]2C[C@@H](O)CN2C(=O)[C@@H](NC(=O)CC2CCN(c3ccc(C4=N[C@@H](CC(=O)O)c5nnc(C)n5-c5sc(C)c(C)c54)cc3)CC2)C(C)(C)C)cc1. The molecule has 0 saturated carbocycles. The lowest BCUT2D eigenvalue weighted by Crippen LogP contribution is -2.58. The topological polar surface area (TPSA) is 195 Å². The minimum Gasteiger partial charge on any atom is -0.481 e. The monoisotopic (exact) mass is 933 g/mol. The second-order valence-electron chi connectivity index (χ2n) is 19.1. The number of anilines is 1. The third-order valence-corrected chi connectivity index (χ3v) is 15.4. The van der Waals surface area contributed by atoms with Gasteiger partial charge < -0.3 is 30.6 Å². The van der Waals surface area contributed by atoms with Crippen LogP contribution in [0.4, 0.5) is 5.69 Å². The number of aliphatic carboxylic acids is 1. The summed E-state index contributed by atoms with van der Waals surface area (Å²) in [4.78, 5) is 69.2. The van der Waals surface area contributed by atoms with E-state index >= 15 is 0 Å². The van der Waals surface area contributed by atoms with Gasteiger partial charge in [-0.3, -0.25) is 28.7 Å². The molecule has 3 amide bonds. The van der Waals surface area contributed by atoms with Gasteiger partial charge in [0.1, 0.15) is 29.0 Å². The molecule has 3 aromatic heterocycles. The van der Waals surface area contributed by atoms with E-state index in [1.54, 1.807) is 22.7 Å². The Bertz CT molecular complexity index is 2650. The van der Waals surface area contributed by atoms with Crippen molar-refractivity contribution in [1.29, 1.82) is 0 Å². The summed E-state index contributed by atoms with van der Waals surface area (Å²) in [5.41, 5.74) is 8.81. The van der Waals surface area contributed by atoms with Gasteiger partial charge in [-0.2, -0.15) is 0 Å². The summed E-state index contributed by atoms with van der Waals surface area (Å²) in [6.07, 6.45) is 0.881. The second-order valence-corrected chi connectivity index (χ2v) is 21.1. The van der Waals surface area contributed by atoms with Gasteiger partial charge in [0.15, 0.2) is 5.82 Å². The molecule has 6 heterocycles. The van der Waals surface area contributed by atoms with Crippen LogP contribution in [0.5, 0.6) is 0 Å². The van der Waals surface area contributed by atoms with Crippen LogP contribution < -0.4 is 15.5 Å². The molecule has 5 atom stereocenters. The van der Waals surface area contributed by atoms with E-state index in [1.807, 2.05) is 88.0 Å². The normalized spacial score (nSPS) is 19.7. The Kier molecular flexibility index (Phi) is 13.3. The number of aliphatic hydroxyl groups is 1. The van der Waals surface area contributed by atoms with Crippen molar-refractivity contribution < 1.29 is 29.4 Å². The zero-order valence-corrected chi connectivity index (χ0v) is 40.4. The number of carbonyl (C=O) groups excluding carboxylic acids is 3. The summed E-state index contributed by atoms with van der Waals surface area (Å²) >= 11 is 3.21. The number of carbonyl (C=O) groups is 4. The fourth-order valence-corrected chi connectivity index (χ4v) is 11.4. The molecule has 0 bridgehead atoms. The van der Waals surface area contributed by atoms with Crippen LogP contribution in [0.2, 0.25) is 0 Å². The molecule has 66 heavy (non-hydrogen) atoms. The molecule has 2 aromatic carbocycles. The molecule has 17 heteroatoms. The number of hydrogen-bond donors (Lipinski definition) is 4. The Balaban J connectivity index is 0.884. The summed E-state index contributed by atoms with van der Waals surface area (Å²) in [7, 11) is 0. The van der Waals surface area contributed by atoms with E-state index in [0.29, 0.717) is 11.6 Å². The maximum atomic E-state index is 14.3. The summed E-state index contributed by atoms with van der Waals surface area (Å²) in [6, 6.07) is 13.4. The zero-order chi connectivity index (χ0) is 47.2. The van der Waals surface area contributed by atoms with Gasteiger partial charge in [0, 0.05) is 54.2 Å². The molecule has 4 N–H and O–H groups in total. The highest BCUT2D eigenvalue weighted by molar-refractivity contribution is 7.15. The first-order chi connectivity index (χ1) is 31.4. The van der Waals surface area contributed by atoms with E-state index in [-0.39, 0.29) is 55.5 Å². The van der Waals surface area contributed by atoms with Crippen molar-refractivity contribution in [3.63, 3.8) is 0 Å². The number of carboxylic acids is 1. The highest BCUT2D eigenvalue weighted by Crippen LogP contribution is 2.40. The van der Waals surface area contributed by atoms with Gasteiger partial charge in [-0.05, 0) is 87.6 Å². The standard InChI is InChI=1S/C49H59N9O6S2/c1-26-29(4)66-48-41(26)42(52-37(23-40(61)62)45-55-54-30(5)58(45)48)33-13-15-35(16-14-33)56-19-17-31(18-20-56)21-39(60)53-44(49(6,7)8)47(64)57-24-36(59)22-38(57)46(63)51-27(2)32-9-11-34(12-10-32)43-28(3)50-25-65-43/h9-16,25,27,31,36-38,44,59H,17-24H2,1-8H3,(H,51,63)(H,53,60)(H,61,62)/t27-,36+,37-,38-,44+/m0/s1. The van der Waals surface area contributed by atoms with Gasteiger partial charge in [0.2, 0.25) is 17.7 Å². The van der Waals surface area contributed by atoms with Crippen LogP contribution in [0.3, 0.4) is 0 Å².